The van der Waals surface area contributed by atoms with Gasteiger partial charge in [0.2, 0.25) is 5.91 Å². The van der Waals surface area contributed by atoms with E-state index in [-0.39, 0.29) is 12.5 Å². The molecule has 0 aromatic carbocycles. The van der Waals surface area contributed by atoms with E-state index in [1.165, 1.54) is 28.3 Å². The van der Waals surface area contributed by atoms with Crippen LogP contribution in [0, 0.1) is 0 Å². The van der Waals surface area contributed by atoms with Crippen molar-refractivity contribution in [3.05, 3.63) is 40.4 Å². The van der Waals surface area contributed by atoms with Crippen molar-refractivity contribution in [1.29, 1.82) is 0 Å². The van der Waals surface area contributed by atoms with Crippen LogP contribution in [-0.4, -0.2) is 43.9 Å². The minimum Gasteiger partial charge on any atom is -0.478 e. The van der Waals surface area contributed by atoms with Gasteiger partial charge in [0.05, 0.1) is 12.7 Å². The summed E-state index contributed by atoms with van der Waals surface area (Å²) in [5.41, 5.74) is 0.814. The molecule has 110 valence electrons. The molecule has 1 amide bonds. The number of aromatic nitrogens is 3. The predicted octanol–water partition coefficient (Wildman–Crippen LogP) is 1.10. The number of carbonyl (C=O) groups excluding carboxylic acids is 1. The maximum atomic E-state index is 12.0. The number of likely N-dealkylation sites (N-methyl/N-ethyl adjacent to an activating group) is 1. The third-order valence-corrected chi connectivity index (χ3v) is 3.62. The van der Waals surface area contributed by atoms with Crippen molar-refractivity contribution in [2.75, 3.05) is 7.05 Å². The number of hydrogen-bond donors (Lipinski definition) is 1. The smallest absolute Gasteiger partial charge is 0.328 e. The standard InChI is InChI=1S/C13H14N4O3S/c1-16(12(18)8-17-5-4-14-15-17)7-11-6-10(9-21-11)2-3-13(19)20/h2-6,9H,7-8H2,1H3,(H,19,20)/b3-2+. The molecule has 0 bridgehead atoms. The van der Waals surface area contributed by atoms with Gasteiger partial charge in [0.15, 0.2) is 0 Å². The number of carbonyl (C=O) groups is 2. The van der Waals surface area contributed by atoms with Crippen molar-refractivity contribution in [3.8, 4) is 0 Å². The molecule has 0 aliphatic heterocycles. The van der Waals surface area contributed by atoms with Crippen molar-refractivity contribution in [3.63, 3.8) is 0 Å². The molecule has 21 heavy (non-hydrogen) atoms. The van der Waals surface area contributed by atoms with Gasteiger partial charge in [-0.3, -0.25) is 4.79 Å². The topological polar surface area (TPSA) is 88.3 Å². The fourth-order valence-corrected chi connectivity index (χ4v) is 2.54. The zero-order chi connectivity index (χ0) is 15.2. The molecule has 0 spiro atoms. The van der Waals surface area contributed by atoms with E-state index in [2.05, 4.69) is 10.3 Å². The van der Waals surface area contributed by atoms with Crippen molar-refractivity contribution in [2.45, 2.75) is 13.1 Å². The normalized spacial score (nSPS) is 10.9. The molecule has 0 aliphatic rings. The van der Waals surface area contributed by atoms with E-state index in [9.17, 15) is 9.59 Å². The molecule has 0 unspecified atom stereocenters. The van der Waals surface area contributed by atoms with Gasteiger partial charge in [-0.25, -0.2) is 9.48 Å². The summed E-state index contributed by atoms with van der Waals surface area (Å²) in [5, 5.41) is 17.8. The van der Waals surface area contributed by atoms with Crippen molar-refractivity contribution < 1.29 is 14.7 Å². The van der Waals surface area contributed by atoms with E-state index in [0.717, 1.165) is 16.5 Å². The van der Waals surface area contributed by atoms with Crippen LogP contribution in [0.4, 0.5) is 0 Å². The van der Waals surface area contributed by atoms with Gasteiger partial charge in [-0.05, 0) is 23.1 Å². The Morgan fingerprint density at radius 1 is 1.52 bits per heavy atom. The second kappa shape index (κ2) is 6.80. The molecule has 2 rings (SSSR count). The zero-order valence-electron chi connectivity index (χ0n) is 11.3. The number of amides is 1. The van der Waals surface area contributed by atoms with Crippen LogP contribution in [-0.2, 0) is 22.7 Å². The van der Waals surface area contributed by atoms with Crippen LogP contribution in [0.15, 0.2) is 29.9 Å². The largest absolute Gasteiger partial charge is 0.478 e. The van der Waals surface area contributed by atoms with Gasteiger partial charge in [0.25, 0.3) is 0 Å². The van der Waals surface area contributed by atoms with E-state index in [1.807, 2.05) is 11.4 Å². The molecule has 0 atom stereocenters. The van der Waals surface area contributed by atoms with Gasteiger partial charge in [-0.2, -0.15) is 0 Å². The Bertz CT molecular complexity index is 648. The summed E-state index contributed by atoms with van der Waals surface area (Å²) >= 11 is 1.48. The second-order valence-electron chi connectivity index (χ2n) is 4.37. The first-order chi connectivity index (χ1) is 10.0. The van der Waals surface area contributed by atoms with Crippen LogP contribution >= 0.6 is 11.3 Å². The summed E-state index contributed by atoms with van der Waals surface area (Å²) in [5.74, 6) is -1.06. The van der Waals surface area contributed by atoms with Gasteiger partial charge >= 0.3 is 5.97 Å². The third kappa shape index (κ3) is 4.53. The van der Waals surface area contributed by atoms with Crippen LogP contribution in [0.2, 0.25) is 0 Å². The molecule has 0 saturated heterocycles. The van der Waals surface area contributed by atoms with Crippen molar-refractivity contribution >= 4 is 29.3 Å². The van der Waals surface area contributed by atoms with Gasteiger partial charge in [0.1, 0.15) is 6.54 Å². The van der Waals surface area contributed by atoms with Crippen molar-refractivity contribution in [1.82, 2.24) is 19.9 Å². The Morgan fingerprint density at radius 2 is 2.33 bits per heavy atom. The first-order valence-corrected chi connectivity index (χ1v) is 6.99. The first kappa shape index (κ1) is 14.9. The Balaban J connectivity index is 1.91. The van der Waals surface area contributed by atoms with E-state index in [4.69, 9.17) is 5.11 Å². The summed E-state index contributed by atoms with van der Waals surface area (Å²) in [7, 11) is 1.71. The molecule has 7 nitrogen and oxygen atoms in total. The lowest BCUT2D eigenvalue weighted by Crippen LogP contribution is -2.29. The molecule has 1 N–H and O–H groups in total. The summed E-state index contributed by atoms with van der Waals surface area (Å²) in [6.07, 6.45) is 5.77. The highest BCUT2D eigenvalue weighted by molar-refractivity contribution is 7.10. The molecule has 8 heteroatoms. The maximum absolute atomic E-state index is 12.0. The number of nitrogens with zero attached hydrogens (tertiary/aromatic N) is 4. The first-order valence-electron chi connectivity index (χ1n) is 6.11. The molecule has 0 aliphatic carbocycles. The number of hydrogen-bond acceptors (Lipinski definition) is 5. The van der Waals surface area contributed by atoms with Crippen LogP contribution < -0.4 is 0 Å². The Hall–Kier alpha value is -2.48. The third-order valence-electron chi connectivity index (χ3n) is 2.68. The lowest BCUT2D eigenvalue weighted by atomic mass is 10.3. The monoisotopic (exact) mass is 306 g/mol. The summed E-state index contributed by atoms with van der Waals surface area (Å²) < 4.78 is 1.47. The fraction of sp³-hybridized carbons (Fsp3) is 0.231. The lowest BCUT2D eigenvalue weighted by molar-refractivity contribution is -0.132. The van der Waals surface area contributed by atoms with E-state index >= 15 is 0 Å². The molecule has 2 heterocycles. The number of rotatable bonds is 6. The minimum absolute atomic E-state index is 0.0727. The Kier molecular flexibility index (Phi) is 4.83. The van der Waals surface area contributed by atoms with E-state index in [0.29, 0.717) is 6.54 Å². The van der Waals surface area contributed by atoms with Crippen LogP contribution in [0.3, 0.4) is 0 Å². The Morgan fingerprint density at radius 3 is 3.00 bits per heavy atom. The average molecular weight is 306 g/mol. The number of thiophene rings is 1. The minimum atomic E-state index is -0.983. The molecule has 0 fully saturated rings. The molecule has 0 saturated carbocycles. The highest BCUT2D eigenvalue weighted by atomic mass is 32.1. The molecular weight excluding hydrogens is 292 g/mol. The number of carboxylic acids is 1. The van der Waals surface area contributed by atoms with Crippen LogP contribution in [0.1, 0.15) is 10.4 Å². The Labute approximate surface area is 125 Å². The van der Waals surface area contributed by atoms with Gasteiger partial charge in [-0.1, -0.05) is 5.21 Å². The summed E-state index contributed by atoms with van der Waals surface area (Å²) in [4.78, 5) is 25.0. The highest BCUT2D eigenvalue weighted by Gasteiger charge is 2.11. The second-order valence-corrected chi connectivity index (χ2v) is 5.36. The van der Waals surface area contributed by atoms with Gasteiger partial charge in [-0.15, -0.1) is 16.4 Å². The van der Waals surface area contributed by atoms with Crippen LogP contribution in [0.5, 0.6) is 0 Å². The van der Waals surface area contributed by atoms with Gasteiger partial charge < -0.3 is 10.0 Å². The SMILES string of the molecule is CN(Cc1cc(/C=C/C(=O)O)cs1)C(=O)Cn1ccnn1. The molecule has 2 aromatic heterocycles. The highest BCUT2D eigenvalue weighted by Crippen LogP contribution is 2.17. The summed E-state index contributed by atoms with van der Waals surface area (Å²) in [6, 6.07) is 1.86. The zero-order valence-corrected chi connectivity index (χ0v) is 12.2. The van der Waals surface area contributed by atoms with Gasteiger partial charge in [0, 0.05) is 24.2 Å². The van der Waals surface area contributed by atoms with E-state index in [1.54, 1.807) is 18.1 Å². The fourth-order valence-electron chi connectivity index (χ4n) is 1.63. The predicted molar refractivity (Wildman–Crippen MR) is 77.5 cm³/mol. The number of aliphatic carboxylic acids is 1. The maximum Gasteiger partial charge on any atom is 0.328 e. The molecule has 0 radical (unpaired) electrons. The van der Waals surface area contributed by atoms with Crippen molar-refractivity contribution in [2.24, 2.45) is 0 Å². The molecule has 2 aromatic rings. The average Bonchev–Trinajstić information content (AvgIpc) is 3.08. The van der Waals surface area contributed by atoms with Crippen LogP contribution in [0.25, 0.3) is 6.08 Å². The number of carboxylic acid groups (broad SMARTS) is 1. The lowest BCUT2D eigenvalue weighted by Gasteiger charge is -2.15. The quantitative estimate of drug-likeness (QED) is 0.807. The molecular formula is C13H14N4O3S. The van der Waals surface area contributed by atoms with E-state index < -0.39 is 5.97 Å². The summed E-state index contributed by atoms with van der Waals surface area (Å²) in [6.45, 7) is 0.618.